The Hall–Kier alpha value is -2.82. The molecular formula is C16H14O5. The number of rotatable bonds is 3. The van der Waals surface area contributed by atoms with Crippen LogP contribution in [0.25, 0.3) is 0 Å². The first-order chi connectivity index (χ1) is 9.91. The lowest BCUT2D eigenvalue weighted by molar-refractivity contribution is 0.0680. The number of benzene rings is 2. The summed E-state index contributed by atoms with van der Waals surface area (Å²) in [6.07, 6.45) is 0. The SMILES string of the molecule is Cc1cccc(C(=O)O)c1OC(=O)c1cccc(O)c1C. The molecule has 0 heterocycles. The lowest BCUT2D eigenvalue weighted by atomic mass is 10.1. The van der Waals surface area contributed by atoms with Crippen molar-refractivity contribution in [3.05, 3.63) is 58.7 Å². The minimum atomic E-state index is -1.17. The molecule has 0 atom stereocenters. The summed E-state index contributed by atoms with van der Waals surface area (Å²) in [5.74, 6) is -1.89. The lowest BCUT2D eigenvalue weighted by Crippen LogP contribution is -2.13. The predicted octanol–water partition coefficient (Wildman–Crippen LogP) is 2.93. The molecule has 0 aromatic heterocycles. The highest BCUT2D eigenvalue weighted by molar-refractivity contribution is 5.97. The van der Waals surface area contributed by atoms with Gasteiger partial charge in [-0.1, -0.05) is 18.2 Å². The van der Waals surface area contributed by atoms with Gasteiger partial charge in [0.2, 0.25) is 0 Å². The molecule has 108 valence electrons. The summed E-state index contributed by atoms with van der Waals surface area (Å²) >= 11 is 0. The summed E-state index contributed by atoms with van der Waals surface area (Å²) in [5.41, 5.74) is 1.03. The van der Waals surface area contributed by atoms with Gasteiger partial charge in [-0.15, -0.1) is 0 Å². The average molecular weight is 286 g/mol. The molecule has 0 bridgehead atoms. The second-order valence-electron chi connectivity index (χ2n) is 4.60. The Balaban J connectivity index is 2.41. The number of phenolic OH excluding ortho intramolecular Hbond substituents is 1. The highest BCUT2D eigenvalue weighted by Gasteiger charge is 2.19. The van der Waals surface area contributed by atoms with Crippen LogP contribution in [0.5, 0.6) is 11.5 Å². The molecule has 0 saturated heterocycles. The van der Waals surface area contributed by atoms with E-state index in [-0.39, 0.29) is 22.6 Å². The summed E-state index contributed by atoms with van der Waals surface area (Å²) in [7, 11) is 0. The van der Waals surface area contributed by atoms with Crippen LogP contribution in [0.4, 0.5) is 0 Å². The zero-order valence-corrected chi connectivity index (χ0v) is 11.6. The number of para-hydroxylation sites is 1. The fraction of sp³-hybridized carbons (Fsp3) is 0.125. The number of ether oxygens (including phenoxy) is 1. The summed E-state index contributed by atoms with van der Waals surface area (Å²) in [6, 6.07) is 9.10. The van der Waals surface area contributed by atoms with Crippen LogP contribution in [-0.4, -0.2) is 22.2 Å². The standard InChI is InChI=1S/C16H14O5/c1-9-5-3-7-12(15(18)19)14(9)21-16(20)11-6-4-8-13(17)10(11)2/h3-8,17H,1-2H3,(H,18,19). The Bertz CT molecular complexity index is 719. The molecule has 0 radical (unpaired) electrons. The van der Waals surface area contributed by atoms with Crippen molar-refractivity contribution in [1.29, 1.82) is 0 Å². The van der Waals surface area contributed by atoms with Crippen molar-refractivity contribution in [3.8, 4) is 11.5 Å². The number of hydrogen-bond acceptors (Lipinski definition) is 4. The number of aryl methyl sites for hydroxylation is 1. The van der Waals surface area contributed by atoms with E-state index in [1.807, 2.05) is 0 Å². The average Bonchev–Trinajstić information content (AvgIpc) is 2.43. The first-order valence-corrected chi connectivity index (χ1v) is 6.25. The second kappa shape index (κ2) is 5.66. The molecule has 0 aliphatic carbocycles. The molecule has 5 nitrogen and oxygen atoms in total. The van der Waals surface area contributed by atoms with E-state index in [4.69, 9.17) is 9.84 Å². The van der Waals surface area contributed by atoms with E-state index in [1.54, 1.807) is 26.0 Å². The number of aromatic hydroxyl groups is 1. The number of hydrogen-bond donors (Lipinski definition) is 2. The Morgan fingerprint density at radius 1 is 1.00 bits per heavy atom. The summed E-state index contributed by atoms with van der Waals surface area (Å²) in [6.45, 7) is 3.24. The molecule has 21 heavy (non-hydrogen) atoms. The first kappa shape index (κ1) is 14.6. The molecule has 0 unspecified atom stereocenters. The van der Waals surface area contributed by atoms with Gasteiger partial charge in [-0.2, -0.15) is 0 Å². The smallest absolute Gasteiger partial charge is 0.343 e. The molecule has 0 aliphatic heterocycles. The molecule has 0 fully saturated rings. The minimum absolute atomic E-state index is 0.0118. The third-order valence-electron chi connectivity index (χ3n) is 3.16. The van der Waals surface area contributed by atoms with Crippen LogP contribution >= 0.6 is 0 Å². The highest BCUT2D eigenvalue weighted by atomic mass is 16.5. The minimum Gasteiger partial charge on any atom is -0.508 e. The topological polar surface area (TPSA) is 83.8 Å². The molecular weight excluding hydrogens is 272 g/mol. The van der Waals surface area contributed by atoms with Crippen molar-refractivity contribution in [2.24, 2.45) is 0 Å². The van der Waals surface area contributed by atoms with E-state index >= 15 is 0 Å². The largest absolute Gasteiger partial charge is 0.508 e. The summed E-state index contributed by atoms with van der Waals surface area (Å²) < 4.78 is 5.23. The summed E-state index contributed by atoms with van der Waals surface area (Å²) in [5, 5.41) is 18.8. The predicted molar refractivity (Wildman–Crippen MR) is 75.9 cm³/mol. The van der Waals surface area contributed by atoms with Crippen LogP contribution in [0.15, 0.2) is 36.4 Å². The van der Waals surface area contributed by atoms with Gasteiger partial charge >= 0.3 is 11.9 Å². The normalized spacial score (nSPS) is 10.2. The van der Waals surface area contributed by atoms with Gasteiger partial charge in [0, 0.05) is 5.56 Å². The number of carbonyl (C=O) groups excluding carboxylic acids is 1. The number of carbonyl (C=O) groups is 2. The molecule has 0 amide bonds. The van der Waals surface area contributed by atoms with E-state index in [9.17, 15) is 14.7 Å². The van der Waals surface area contributed by atoms with Gasteiger partial charge in [0.05, 0.1) is 5.56 Å². The van der Waals surface area contributed by atoms with Crippen molar-refractivity contribution in [3.63, 3.8) is 0 Å². The molecule has 0 spiro atoms. The highest BCUT2D eigenvalue weighted by Crippen LogP contribution is 2.26. The van der Waals surface area contributed by atoms with E-state index in [2.05, 4.69) is 0 Å². The van der Waals surface area contributed by atoms with E-state index in [0.717, 1.165) is 0 Å². The van der Waals surface area contributed by atoms with Gasteiger partial charge in [-0.3, -0.25) is 0 Å². The third kappa shape index (κ3) is 2.86. The number of carboxylic acids is 1. The maximum Gasteiger partial charge on any atom is 0.343 e. The van der Waals surface area contributed by atoms with Crippen molar-refractivity contribution >= 4 is 11.9 Å². The maximum atomic E-state index is 12.2. The maximum absolute atomic E-state index is 12.2. The number of aromatic carboxylic acids is 1. The van der Waals surface area contributed by atoms with Crippen molar-refractivity contribution in [1.82, 2.24) is 0 Å². The third-order valence-corrected chi connectivity index (χ3v) is 3.16. The zero-order valence-electron chi connectivity index (χ0n) is 11.6. The van der Waals surface area contributed by atoms with E-state index in [0.29, 0.717) is 11.1 Å². The van der Waals surface area contributed by atoms with Crippen LogP contribution in [0.1, 0.15) is 31.8 Å². The Morgan fingerprint density at radius 3 is 2.29 bits per heavy atom. The molecule has 2 N–H and O–H groups in total. The van der Waals surface area contributed by atoms with Crippen molar-refractivity contribution in [2.45, 2.75) is 13.8 Å². The molecule has 0 saturated carbocycles. The summed E-state index contributed by atoms with van der Waals surface area (Å²) in [4.78, 5) is 23.4. The molecule has 2 rings (SSSR count). The van der Waals surface area contributed by atoms with Gasteiger partial charge in [0.1, 0.15) is 17.1 Å². The molecule has 2 aromatic rings. The molecule has 5 heteroatoms. The van der Waals surface area contributed by atoms with Gasteiger partial charge in [-0.05, 0) is 37.6 Å². The number of carboxylic acid groups (broad SMARTS) is 1. The van der Waals surface area contributed by atoms with Crippen LogP contribution in [0.2, 0.25) is 0 Å². The van der Waals surface area contributed by atoms with Gasteiger partial charge < -0.3 is 14.9 Å². The zero-order chi connectivity index (χ0) is 15.6. The van der Waals surface area contributed by atoms with Crippen molar-refractivity contribution in [2.75, 3.05) is 0 Å². The van der Waals surface area contributed by atoms with Crippen LogP contribution in [0, 0.1) is 13.8 Å². The quantitative estimate of drug-likeness (QED) is 0.669. The number of esters is 1. The van der Waals surface area contributed by atoms with E-state index < -0.39 is 11.9 Å². The van der Waals surface area contributed by atoms with Crippen LogP contribution in [-0.2, 0) is 0 Å². The van der Waals surface area contributed by atoms with Crippen molar-refractivity contribution < 1.29 is 24.5 Å². The van der Waals surface area contributed by atoms with E-state index in [1.165, 1.54) is 24.3 Å². The number of phenols is 1. The fourth-order valence-corrected chi connectivity index (χ4v) is 1.95. The second-order valence-corrected chi connectivity index (χ2v) is 4.60. The monoisotopic (exact) mass is 286 g/mol. The van der Waals surface area contributed by atoms with Crippen LogP contribution in [0.3, 0.4) is 0 Å². The van der Waals surface area contributed by atoms with Gasteiger partial charge in [0.15, 0.2) is 0 Å². The Kier molecular flexibility index (Phi) is 3.93. The van der Waals surface area contributed by atoms with Gasteiger partial charge in [-0.25, -0.2) is 9.59 Å². The Morgan fingerprint density at radius 2 is 1.62 bits per heavy atom. The first-order valence-electron chi connectivity index (χ1n) is 6.25. The molecule has 2 aromatic carbocycles. The lowest BCUT2D eigenvalue weighted by Gasteiger charge is -2.12. The van der Waals surface area contributed by atoms with Gasteiger partial charge in [0.25, 0.3) is 0 Å². The molecule has 0 aliphatic rings. The Labute approximate surface area is 121 Å². The van der Waals surface area contributed by atoms with Crippen LogP contribution < -0.4 is 4.74 Å². The fourth-order valence-electron chi connectivity index (χ4n) is 1.95.